The molecule has 0 radical (unpaired) electrons. The molecule has 7 nitrogen and oxygen atoms in total. The highest BCUT2D eigenvalue weighted by molar-refractivity contribution is 5.91. The minimum atomic E-state index is -1.07. The minimum absolute atomic E-state index is 0.0716. The molecule has 0 aliphatic heterocycles. The van der Waals surface area contributed by atoms with E-state index in [4.69, 9.17) is 5.73 Å². The zero-order valence-electron chi connectivity index (χ0n) is 17.0. The number of nitrogens with zero attached hydrogens (tertiary/aromatic N) is 1. The van der Waals surface area contributed by atoms with E-state index in [-0.39, 0.29) is 18.4 Å². The lowest BCUT2D eigenvalue weighted by atomic mass is 10.0. The predicted molar refractivity (Wildman–Crippen MR) is 114 cm³/mol. The molecule has 0 spiro atoms. The van der Waals surface area contributed by atoms with Crippen molar-refractivity contribution in [3.63, 3.8) is 0 Å². The minimum Gasteiger partial charge on any atom is -0.368 e. The van der Waals surface area contributed by atoms with Gasteiger partial charge in [0, 0.05) is 30.8 Å². The monoisotopic (exact) mass is 422 g/mol. The number of carbonyl (C=O) groups excluding carboxylic acids is 3. The van der Waals surface area contributed by atoms with Gasteiger partial charge in [0.25, 0.3) is 0 Å². The van der Waals surface area contributed by atoms with Gasteiger partial charge in [-0.15, -0.1) is 0 Å². The summed E-state index contributed by atoms with van der Waals surface area (Å²) in [4.78, 5) is 40.9. The molecule has 0 fully saturated rings. The predicted octanol–water partition coefficient (Wildman–Crippen LogP) is 1.63. The van der Waals surface area contributed by atoms with Gasteiger partial charge >= 0.3 is 0 Å². The van der Waals surface area contributed by atoms with Gasteiger partial charge in [-0.05, 0) is 23.8 Å². The Bertz CT molecular complexity index is 1120. The number of benzene rings is 2. The lowest BCUT2D eigenvalue weighted by Crippen LogP contribution is -2.54. The Labute approximate surface area is 178 Å². The summed E-state index contributed by atoms with van der Waals surface area (Å²) in [7, 11) is 0. The molecule has 160 valence electrons. The molecule has 2 aromatic carbocycles. The highest BCUT2D eigenvalue weighted by Gasteiger charge is 2.26. The van der Waals surface area contributed by atoms with Crippen molar-refractivity contribution in [3.05, 3.63) is 77.7 Å². The molecule has 0 saturated carbocycles. The first kappa shape index (κ1) is 21.9. The molecule has 31 heavy (non-hydrogen) atoms. The molecule has 4 N–H and O–H groups in total. The summed E-state index contributed by atoms with van der Waals surface area (Å²) in [5.74, 6) is -2.32. The zero-order chi connectivity index (χ0) is 22.4. The number of primary amides is 1. The molecule has 1 aromatic heterocycles. The Hall–Kier alpha value is -3.81. The number of amides is 3. The Kier molecular flexibility index (Phi) is 6.92. The third-order valence-corrected chi connectivity index (χ3v) is 4.81. The van der Waals surface area contributed by atoms with Crippen LogP contribution in [0, 0.1) is 5.82 Å². The molecule has 0 aliphatic rings. The number of aromatic nitrogens is 1. The van der Waals surface area contributed by atoms with Gasteiger partial charge in [-0.25, -0.2) is 4.39 Å². The van der Waals surface area contributed by atoms with E-state index in [0.29, 0.717) is 5.69 Å². The summed E-state index contributed by atoms with van der Waals surface area (Å²) in [6.07, 6.45) is 0.0101. The third-order valence-electron chi connectivity index (χ3n) is 4.81. The number of pyridine rings is 1. The fourth-order valence-electron chi connectivity index (χ4n) is 3.26. The number of fused-ring (bicyclic) bond motifs is 1. The van der Waals surface area contributed by atoms with Crippen molar-refractivity contribution < 1.29 is 18.8 Å². The van der Waals surface area contributed by atoms with Crippen LogP contribution in [0.5, 0.6) is 0 Å². The summed E-state index contributed by atoms with van der Waals surface area (Å²) in [5, 5.41) is 6.02. The van der Waals surface area contributed by atoms with Crippen molar-refractivity contribution in [3.8, 4) is 0 Å². The van der Waals surface area contributed by atoms with Crippen LogP contribution in [0.4, 0.5) is 4.39 Å². The zero-order valence-corrected chi connectivity index (χ0v) is 17.0. The van der Waals surface area contributed by atoms with Crippen LogP contribution in [0.3, 0.4) is 0 Å². The first-order valence-electron chi connectivity index (χ1n) is 9.78. The number of carbonyl (C=O) groups is 3. The van der Waals surface area contributed by atoms with Crippen molar-refractivity contribution in [1.82, 2.24) is 15.6 Å². The smallest absolute Gasteiger partial charge is 0.243 e. The average molecular weight is 422 g/mol. The number of hydrogen-bond acceptors (Lipinski definition) is 4. The summed E-state index contributed by atoms with van der Waals surface area (Å²) >= 11 is 0. The lowest BCUT2D eigenvalue weighted by molar-refractivity contribution is -0.130. The second-order valence-electron chi connectivity index (χ2n) is 7.21. The maximum Gasteiger partial charge on any atom is 0.243 e. The lowest BCUT2D eigenvalue weighted by Gasteiger charge is -2.22. The van der Waals surface area contributed by atoms with Crippen LogP contribution in [0.1, 0.15) is 18.2 Å². The van der Waals surface area contributed by atoms with Gasteiger partial charge in [0.15, 0.2) is 0 Å². The first-order chi connectivity index (χ1) is 14.8. The SMILES string of the molecule is CC(=O)N[C@@H](Cc1ccccc1F)C(=O)N[C@@H](Cc1ccc2ccccc2n1)C(N)=O. The second-order valence-corrected chi connectivity index (χ2v) is 7.21. The fourth-order valence-corrected chi connectivity index (χ4v) is 3.26. The van der Waals surface area contributed by atoms with Gasteiger partial charge in [0.05, 0.1) is 5.52 Å². The molecular formula is C23H23FN4O3. The van der Waals surface area contributed by atoms with E-state index in [1.165, 1.54) is 25.1 Å². The normalized spacial score (nSPS) is 12.7. The van der Waals surface area contributed by atoms with E-state index < -0.39 is 35.6 Å². The van der Waals surface area contributed by atoms with Crippen LogP contribution < -0.4 is 16.4 Å². The highest BCUT2D eigenvalue weighted by atomic mass is 19.1. The number of para-hydroxylation sites is 1. The van der Waals surface area contributed by atoms with E-state index in [9.17, 15) is 18.8 Å². The maximum atomic E-state index is 14.0. The molecule has 0 bridgehead atoms. The van der Waals surface area contributed by atoms with Gasteiger partial charge in [0.2, 0.25) is 17.7 Å². The largest absolute Gasteiger partial charge is 0.368 e. The number of nitrogens with two attached hydrogens (primary N) is 1. The van der Waals surface area contributed by atoms with E-state index in [1.807, 2.05) is 30.3 Å². The summed E-state index contributed by atoms with van der Waals surface area (Å²) in [5.41, 5.74) is 7.09. The van der Waals surface area contributed by atoms with Gasteiger partial charge in [-0.3, -0.25) is 19.4 Å². The molecular weight excluding hydrogens is 399 g/mol. The van der Waals surface area contributed by atoms with Crippen molar-refractivity contribution in [1.29, 1.82) is 0 Å². The molecule has 8 heteroatoms. The summed E-state index contributed by atoms with van der Waals surface area (Å²) in [6, 6.07) is 15.0. The second kappa shape index (κ2) is 9.80. The Morgan fingerprint density at radius 3 is 2.35 bits per heavy atom. The molecule has 1 heterocycles. The molecule has 2 atom stereocenters. The maximum absolute atomic E-state index is 14.0. The molecule has 0 aliphatic carbocycles. The first-order valence-corrected chi connectivity index (χ1v) is 9.78. The van der Waals surface area contributed by atoms with Crippen molar-refractivity contribution in [2.24, 2.45) is 5.73 Å². The number of halogens is 1. The standard InChI is InChI=1S/C23H23FN4O3/c1-14(29)26-21(12-16-7-2-4-8-18(16)24)23(31)28-20(22(25)30)13-17-11-10-15-6-3-5-9-19(15)27-17/h2-11,20-21H,12-13H2,1H3,(H2,25,30)(H,26,29)(H,28,31)/t20-,21-/m0/s1. The van der Waals surface area contributed by atoms with Crippen LogP contribution in [-0.2, 0) is 27.2 Å². The number of rotatable bonds is 8. The van der Waals surface area contributed by atoms with Gasteiger partial charge in [0.1, 0.15) is 17.9 Å². The Morgan fingerprint density at radius 2 is 1.65 bits per heavy atom. The summed E-state index contributed by atoms with van der Waals surface area (Å²) in [6.45, 7) is 1.26. The number of nitrogens with one attached hydrogen (secondary N) is 2. The molecule has 0 unspecified atom stereocenters. The van der Waals surface area contributed by atoms with Crippen LogP contribution in [0.15, 0.2) is 60.7 Å². The van der Waals surface area contributed by atoms with Crippen LogP contribution in [0.25, 0.3) is 10.9 Å². The van der Waals surface area contributed by atoms with Crippen molar-refractivity contribution in [2.45, 2.75) is 31.8 Å². The molecule has 3 rings (SSSR count). The molecule has 3 amide bonds. The fraction of sp³-hybridized carbons (Fsp3) is 0.217. The van der Waals surface area contributed by atoms with Crippen LogP contribution >= 0.6 is 0 Å². The summed E-state index contributed by atoms with van der Waals surface area (Å²) < 4.78 is 14.0. The van der Waals surface area contributed by atoms with Crippen molar-refractivity contribution >= 4 is 28.6 Å². The van der Waals surface area contributed by atoms with E-state index >= 15 is 0 Å². The van der Waals surface area contributed by atoms with Crippen LogP contribution in [-0.4, -0.2) is 34.8 Å². The van der Waals surface area contributed by atoms with Crippen molar-refractivity contribution in [2.75, 3.05) is 0 Å². The molecule has 0 saturated heterocycles. The van der Waals surface area contributed by atoms with Crippen LogP contribution in [0.2, 0.25) is 0 Å². The molecule has 3 aromatic rings. The topological polar surface area (TPSA) is 114 Å². The quantitative estimate of drug-likeness (QED) is 0.512. The number of hydrogen-bond donors (Lipinski definition) is 3. The van der Waals surface area contributed by atoms with Gasteiger partial charge in [-0.1, -0.05) is 42.5 Å². The third kappa shape index (κ3) is 5.85. The van der Waals surface area contributed by atoms with E-state index in [2.05, 4.69) is 15.6 Å². The van der Waals surface area contributed by atoms with Gasteiger partial charge < -0.3 is 16.4 Å². The van der Waals surface area contributed by atoms with E-state index in [0.717, 1.165) is 10.9 Å². The van der Waals surface area contributed by atoms with E-state index in [1.54, 1.807) is 12.1 Å². The highest BCUT2D eigenvalue weighted by Crippen LogP contribution is 2.13. The Morgan fingerprint density at radius 1 is 0.935 bits per heavy atom. The Balaban J connectivity index is 1.76. The average Bonchev–Trinajstić information content (AvgIpc) is 2.73. The van der Waals surface area contributed by atoms with Gasteiger partial charge in [-0.2, -0.15) is 0 Å².